The molecule has 1 aromatic heterocycles. The van der Waals surface area contributed by atoms with Gasteiger partial charge in [-0.2, -0.15) is 0 Å². The van der Waals surface area contributed by atoms with E-state index in [1.54, 1.807) is 12.1 Å². The van der Waals surface area contributed by atoms with Crippen molar-refractivity contribution in [2.75, 3.05) is 16.6 Å². The number of hydrogen-bond donors (Lipinski definition) is 2. The summed E-state index contributed by atoms with van der Waals surface area (Å²) in [6.07, 6.45) is 2.43. The molecule has 0 bridgehead atoms. The van der Waals surface area contributed by atoms with E-state index in [9.17, 15) is 8.42 Å². The van der Waals surface area contributed by atoms with Crippen molar-refractivity contribution in [3.63, 3.8) is 0 Å². The summed E-state index contributed by atoms with van der Waals surface area (Å²) < 4.78 is 28.3. The van der Waals surface area contributed by atoms with E-state index in [2.05, 4.69) is 37.6 Å². The van der Waals surface area contributed by atoms with Crippen LogP contribution in [0.25, 0.3) is 0 Å². The Morgan fingerprint density at radius 1 is 1.19 bits per heavy atom. The number of hydrogen-bond acceptors (Lipinski definition) is 4. The van der Waals surface area contributed by atoms with E-state index in [-0.39, 0.29) is 4.90 Å². The lowest BCUT2D eigenvalue weighted by Gasteiger charge is -2.10. The number of benzene rings is 1. The average Bonchev–Trinajstić information content (AvgIpc) is 2.48. The number of rotatable bonds is 6. The molecule has 7 heteroatoms. The quantitative estimate of drug-likeness (QED) is 0.708. The molecule has 2 rings (SSSR count). The summed E-state index contributed by atoms with van der Waals surface area (Å²) in [5, 5.41) is 3.07. The van der Waals surface area contributed by atoms with Crippen LogP contribution in [-0.2, 0) is 10.0 Å². The first-order chi connectivity index (χ1) is 10.0. The first kappa shape index (κ1) is 16.0. The molecule has 0 aliphatic rings. The van der Waals surface area contributed by atoms with Crippen molar-refractivity contribution in [3.05, 3.63) is 46.2 Å². The fourth-order valence-corrected chi connectivity index (χ4v) is 3.09. The van der Waals surface area contributed by atoms with Crippen LogP contribution in [0, 0.1) is 3.57 Å². The molecule has 0 radical (unpaired) electrons. The number of nitrogens with zero attached hydrogens (tertiary/aromatic N) is 1. The van der Waals surface area contributed by atoms with Crippen LogP contribution in [0.15, 0.2) is 47.5 Å². The normalized spacial score (nSPS) is 11.1. The Balaban J connectivity index is 2.20. The largest absolute Gasteiger partial charge is 0.370 e. The molecular weight excluding hydrogens is 401 g/mol. The van der Waals surface area contributed by atoms with Crippen LogP contribution in [0.4, 0.5) is 11.5 Å². The molecule has 2 N–H and O–H groups in total. The van der Waals surface area contributed by atoms with Crippen molar-refractivity contribution in [1.29, 1.82) is 0 Å². The van der Waals surface area contributed by atoms with Gasteiger partial charge in [0.05, 0.1) is 4.90 Å². The summed E-state index contributed by atoms with van der Waals surface area (Å²) in [5.41, 5.74) is 0.537. The molecule has 0 unspecified atom stereocenters. The molecule has 0 fully saturated rings. The fraction of sp³-hybridized carbons (Fsp3) is 0.214. The topological polar surface area (TPSA) is 71.1 Å². The zero-order chi connectivity index (χ0) is 15.3. The number of aromatic nitrogens is 1. The van der Waals surface area contributed by atoms with Gasteiger partial charge in [0.1, 0.15) is 5.82 Å². The number of halogens is 1. The van der Waals surface area contributed by atoms with Gasteiger partial charge >= 0.3 is 0 Å². The maximum Gasteiger partial charge on any atom is 0.262 e. The van der Waals surface area contributed by atoms with Gasteiger partial charge in [-0.1, -0.05) is 6.92 Å². The van der Waals surface area contributed by atoms with Crippen molar-refractivity contribution < 1.29 is 8.42 Å². The minimum absolute atomic E-state index is 0.189. The summed E-state index contributed by atoms with van der Waals surface area (Å²) in [6.45, 7) is 2.78. The van der Waals surface area contributed by atoms with Gasteiger partial charge in [0, 0.05) is 28.1 Å². The third-order valence-electron chi connectivity index (χ3n) is 2.69. The highest BCUT2D eigenvalue weighted by molar-refractivity contribution is 14.1. The Bertz CT molecular complexity index is 702. The minimum atomic E-state index is -3.61. The first-order valence-corrected chi connectivity index (χ1v) is 9.06. The smallest absolute Gasteiger partial charge is 0.262 e. The molecule has 0 aliphatic heterocycles. The highest BCUT2D eigenvalue weighted by atomic mass is 127. The van der Waals surface area contributed by atoms with E-state index in [0.717, 1.165) is 16.5 Å². The molecule has 2 aromatic rings. The molecule has 0 spiro atoms. The SMILES string of the molecule is CCCNc1cc(S(=O)(=O)Nc2ccc(I)cc2)ccn1. The van der Waals surface area contributed by atoms with Gasteiger partial charge < -0.3 is 5.32 Å². The van der Waals surface area contributed by atoms with Crippen molar-refractivity contribution in [2.45, 2.75) is 18.2 Å². The van der Waals surface area contributed by atoms with Gasteiger partial charge in [-0.25, -0.2) is 13.4 Å². The van der Waals surface area contributed by atoms with E-state index in [1.165, 1.54) is 18.3 Å². The Morgan fingerprint density at radius 2 is 1.90 bits per heavy atom. The summed E-state index contributed by atoms with van der Waals surface area (Å²) in [5.74, 6) is 0.558. The second-order valence-electron chi connectivity index (χ2n) is 4.42. The Labute approximate surface area is 138 Å². The van der Waals surface area contributed by atoms with Crippen LogP contribution in [0.5, 0.6) is 0 Å². The zero-order valence-electron chi connectivity index (χ0n) is 11.5. The molecule has 5 nitrogen and oxygen atoms in total. The van der Waals surface area contributed by atoms with Gasteiger partial charge in [-0.05, 0) is 59.3 Å². The predicted octanol–water partition coefficient (Wildman–Crippen LogP) is 3.31. The van der Waals surface area contributed by atoms with Gasteiger partial charge in [0.15, 0.2) is 0 Å². The molecular formula is C14H16IN3O2S. The highest BCUT2D eigenvalue weighted by Crippen LogP contribution is 2.18. The Kier molecular flexibility index (Phi) is 5.40. The molecule has 0 amide bonds. The lowest BCUT2D eigenvalue weighted by Crippen LogP contribution is -2.13. The standard InChI is InChI=1S/C14H16IN3O2S/c1-2-8-16-14-10-13(7-9-17-14)21(19,20)18-12-5-3-11(15)4-6-12/h3-7,9-10,18H,2,8H2,1H3,(H,16,17). The van der Waals surface area contributed by atoms with Crippen molar-refractivity contribution in [1.82, 2.24) is 4.98 Å². The van der Waals surface area contributed by atoms with Crippen LogP contribution in [0.3, 0.4) is 0 Å². The zero-order valence-corrected chi connectivity index (χ0v) is 14.5. The summed E-state index contributed by atoms with van der Waals surface area (Å²) in [6, 6.07) is 10.2. The molecule has 0 aliphatic carbocycles. The number of nitrogens with one attached hydrogen (secondary N) is 2. The van der Waals surface area contributed by atoms with Crippen molar-refractivity contribution in [2.24, 2.45) is 0 Å². The van der Waals surface area contributed by atoms with E-state index >= 15 is 0 Å². The van der Waals surface area contributed by atoms with Crippen molar-refractivity contribution in [3.8, 4) is 0 Å². The molecule has 0 saturated carbocycles. The van der Waals surface area contributed by atoms with E-state index in [1.807, 2.05) is 19.1 Å². The maximum absolute atomic E-state index is 12.3. The lowest BCUT2D eigenvalue weighted by molar-refractivity contribution is 0.601. The first-order valence-electron chi connectivity index (χ1n) is 6.49. The molecule has 1 aromatic carbocycles. The average molecular weight is 417 g/mol. The lowest BCUT2D eigenvalue weighted by atomic mass is 10.3. The maximum atomic E-state index is 12.3. The summed E-state index contributed by atoms with van der Waals surface area (Å²) >= 11 is 2.17. The Hall–Kier alpha value is -1.35. The second-order valence-corrected chi connectivity index (χ2v) is 7.34. The third kappa shape index (κ3) is 4.57. The minimum Gasteiger partial charge on any atom is -0.370 e. The van der Waals surface area contributed by atoms with Crippen LogP contribution in [-0.4, -0.2) is 19.9 Å². The van der Waals surface area contributed by atoms with Gasteiger partial charge in [0.2, 0.25) is 0 Å². The van der Waals surface area contributed by atoms with Crippen molar-refractivity contribution >= 4 is 44.1 Å². The summed E-state index contributed by atoms with van der Waals surface area (Å²) in [4.78, 5) is 4.29. The van der Waals surface area contributed by atoms with Crippen LogP contribution in [0.1, 0.15) is 13.3 Å². The molecule has 0 saturated heterocycles. The fourth-order valence-electron chi connectivity index (χ4n) is 1.66. The van der Waals surface area contributed by atoms with Crippen LogP contribution in [0.2, 0.25) is 0 Å². The molecule has 0 atom stereocenters. The van der Waals surface area contributed by atoms with E-state index in [4.69, 9.17) is 0 Å². The van der Waals surface area contributed by atoms with Gasteiger partial charge in [0.25, 0.3) is 10.0 Å². The number of pyridine rings is 1. The van der Waals surface area contributed by atoms with Crippen LogP contribution < -0.4 is 10.0 Å². The highest BCUT2D eigenvalue weighted by Gasteiger charge is 2.15. The predicted molar refractivity (Wildman–Crippen MR) is 93.0 cm³/mol. The third-order valence-corrected chi connectivity index (χ3v) is 4.79. The van der Waals surface area contributed by atoms with Gasteiger partial charge in [-0.3, -0.25) is 4.72 Å². The van der Waals surface area contributed by atoms with Gasteiger partial charge in [-0.15, -0.1) is 0 Å². The van der Waals surface area contributed by atoms with Crippen LogP contribution >= 0.6 is 22.6 Å². The van der Waals surface area contributed by atoms with E-state index in [0.29, 0.717) is 11.5 Å². The number of sulfonamides is 1. The number of anilines is 2. The monoisotopic (exact) mass is 417 g/mol. The van der Waals surface area contributed by atoms with E-state index < -0.39 is 10.0 Å². The Morgan fingerprint density at radius 3 is 2.57 bits per heavy atom. The molecule has 1 heterocycles. The molecule has 21 heavy (non-hydrogen) atoms. The second kappa shape index (κ2) is 7.08. The molecule has 112 valence electrons. The summed E-state index contributed by atoms with van der Waals surface area (Å²) in [7, 11) is -3.61.